The molecule has 110 valence electrons. The van der Waals surface area contributed by atoms with E-state index < -0.39 is 17.8 Å². The lowest BCUT2D eigenvalue weighted by atomic mass is 10.2. The van der Waals surface area contributed by atoms with Crippen molar-refractivity contribution in [1.82, 2.24) is 4.90 Å². The smallest absolute Gasteiger partial charge is 0.286 e. The molecule has 0 saturated carbocycles. The van der Waals surface area contributed by atoms with Gasteiger partial charge in [-0.3, -0.25) is 4.79 Å². The quantitative estimate of drug-likeness (QED) is 0.770. The third kappa shape index (κ3) is 2.93. The molecule has 7 heteroatoms. The first kappa shape index (κ1) is 14.1. The second kappa shape index (κ2) is 5.50. The molecule has 1 saturated heterocycles. The van der Waals surface area contributed by atoms with Gasteiger partial charge in [-0.05, 0) is 42.5 Å². The van der Waals surface area contributed by atoms with Crippen LogP contribution in [0.25, 0.3) is 6.08 Å². The minimum atomic E-state index is -0.487. The largest absolute Gasteiger partial charge is 0.507 e. The Morgan fingerprint density at radius 1 is 1.48 bits per heavy atom. The molecular weight excluding hydrogens is 295 g/mol. The molecule has 1 fully saturated rings. The second-order valence-electron chi connectivity index (χ2n) is 4.90. The molecule has 21 heavy (non-hydrogen) atoms. The first-order valence-corrected chi connectivity index (χ1v) is 7.28. The Bertz CT molecular complexity index is 660. The Balaban J connectivity index is 1.81. The molecule has 2 aliphatic rings. The Hall–Kier alpha value is -1.86. The van der Waals surface area contributed by atoms with E-state index in [4.69, 9.17) is 0 Å². The minimum absolute atomic E-state index is 0.0951. The summed E-state index contributed by atoms with van der Waals surface area (Å²) in [5.41, 5.74) is 0.240. The van der Waals surface area contributed by atoms with Crippen LogP contribution in [-0.4, -0.2) is 45.4 Å². The number of carbonyl (C=O) groups excluding carboxylic acids is 1. The number of rotatable bonds is 1. The minimum Gasteiger partial charge on any atom is -0.507 e. The fraction of sp³-hybridized carbons (Fsp3) is 0.286. The first-order valence-electron chi connectivity index (χ1n) is 6.47. The van der Waals surface area contributed by atoms with Crippen LogP contribution >= 0.6 is 11.8 Å². The number of halogens is 1. The van der Waals surface area contributed by atoms with Gasteiger partial charge in [0.25, 0.3) is 5.91 Å². The van der Waals surface area contributed by atoms with Gasteiger partial charge in [0.05, 0.1) is 11.0 Å². The van der Waals surface area contributed by atoms with Crippen molar-refractivity contribution in [2.75, 3.05) is 13.1 Å². The van der Waals surface area contributed by atoms with Crippen LogP contribution in [0.2, 0.25) is 0 Å². The van der Waals surface area contributed by atoms with Crippen molar-refractivity contribution < 1.29 is 19.4 Å². The lowest BCUT2D eigenvalue weighted by Crippen LogP contribution is -2.26. The number of aliphatic hydroxyl groups excluding tert-OH is 1. The molecule has 0 spiro atoms. The van der Waals surface area contributed by atoms with Gasteiger partial charge in [-0.2, -0.15) is 4.99 Å². The summed E-state index contributed by atoms with van der Waals surface area (Å²) in [7, 11) is 0. The molecule has 1 aromatic carbocycles. The Kier molecular flexibility index (Phi) is 3.69. The van der Waals surface area contributed by atoms with Crippen molar-refractivity contribution in [3.63, 3.8) is 0 Å². The van der Waals surface area contributed by atoms with E-state index in [9.17, 15) is 19.4 Å². The maximum absolute atomic E-state index is 13.2. The standard InChI is InChI=1S/C14H13FN2O3S/c15-9-1-2-11(19)8(5-9)6-12-13(20)16-14(21-12)17-4-3-10(18)7-17/h1-2,5-6,10,18-19H,3-4,7H2/b12-6-/t10-/m0/s1. The van der Waals surface area contributed by atoms with E-state index in [0.717, 1.165) is 12.1 Å². The summed E-state index contributed by atoms with van der Waals surface area (Å²) in [4.78, 5) is 18.0. The summed E-state index contributed by atoms with van der Waals surface area (Å²) >= 11 is 1.17. The highest BCUT2D eigenvalue weighted by Crippen LogP contribution is 2.33. The number of carbonyl (C=O) groups is 1. The van der Waals surface area contributed by atoms with E-state index in [0.29, 0.717) is 29.6 Å². The molecule has 2 heterocycles. The number of hydrogen-bond acceptors (Lipinski definition) is 5. The zero-order chi connectivity index (χ0) is 15.0. The van der Waals surface area contributed by atoms with Crippen LogP contribution < -0.4 is 0 Å². The molecule has 1 aromatic rings. The number of benzene rings is 1. The molecule has 0 unspecified atom stereocenters. The monoisotopic (exact) mass is 308 g/mol. The van der Waals surface area contributed by atoms with Crippen molar-refractivity contribution in [1.29, 1.82) is 0 Å². The number of nitrogens with zero attached hydrogens (tertiary/aromatic N) is 2. The summed E-state index contributed by atoms with van der Waals surface area (Å²) in [6.45, 7) is 1.11. The SMILES string of the molecule is O=C1N=C(N2CC[C@H](O)C2)S/C1=C\c1cc(F)ccc1O. The van der Waals surface area contributed by atoms with Gasteiger partial charge in [-0.25, -0.2) is 4.39 Å². The topological polar surface area (TPSA) is 73.1 Å². The van der Waals surface area contributed by atoms with Crippen molar-refractivity contribution in [3.05, 3.63) is 34.5 Å². The van der Waals surface area contributed by atoms with Crippen molar-refractivity contribution >= 4 is 28.9 Å². The summed E-state index contributed by atoms with van der Waals surface area (Å²) in [6, 6.07) is 3.55. The number of aliphatic hydroxyl groups is 1. The van der Waals surface area contributed by atoms with Crippen LogP contribution in [0, 0.1) is 5.82 Å². The number of β-amino-alcohol motifs (C(OH)–C–C–N with tert-alkyl or cyclic N) is 1. The van der Waals surface area contributed by atoms with Crippen LogP contribution in [0.3, 0.4) is 0 Å². The Morgan fingerprint density at radius 2 is 2.29 bits per heavy atom. The number of thioether (sulfide) groups is 1. The molecule has 0 radical (unpaired) electrons. The molecule has 5 nitrogen and oxygen atoms in total. The van der Waals surface area contributed by atoms with Crippen LogP contribution in [-0.2, 0) is 4.79 Å². The number of aliphatic imine (C=N–C) groups is 1. The fourth-order valence-electron chi connectivity index (χ4n) is 2.23. The number of hydrogen-bond donors (Lipinski definition) is 2. The van der Waals surface area contributed by atoms with Gasteiger partial charge in [-0.15, -0.1) is 0 Å². The molecule has 2 aliphatic heterocycles. The van der Waals surface area contributed by atoms with Crippen LogP contribution in [0.1, 0.15) is 12.0 Å². The van der Waals surface area contributed by atoms with Crippen molar-refractivity contribution in [2.45, 2.75) is 12.5 Å². The molecule has 0 bridgehead atoms. The van der Waals surface area contributed by atoms with E-state index in [2.05, 4.69) is 4.99 Å². The highest BCUT2D eigenvalue weighted by molar-refractivity contribution is 8.18. The van der Waals surface area contributed by atoms with Crippen LogP contribution in [0.15, 0.2) is 28.1 Å². The lowest BCUT2D eigenvalue weighted by Gasteiger charge is -2.15. The Labute approximate surface area is 124 Å². The molecule has 3 rings (SSSR count). The number of aromatic hydroxyl groups is 1. The fourth-order valence-corrected chi connectivity index (χ4v) is 3.17. The normalized spacial score (nSPS) is 24.0. The second-order valence-corrected chi connectivity index (χ2v) is 5.91. The van der Waals surface area contributed by atoms with Gasteiger partial charge in [0, 0.05) is 18.7 Å². The summed E-state index contributed by atoms with van der Waals surface area (Å²) in [5, 5.41) is 19.7. The zero-order valence-electron chi connectivity index (χ0n) is 11.0. The van der Waals surface area contributed by atoms with Crippen LogP contribution in [0.5, 0.6) is 5.75 Å². The lowest BCUT2D eigenvalue weighted by molar-refractivity contribution is -0.113. The van der Waals surface area contributed by atoms with Gasteiger partial charge in [0.15, 0.2) is 5.17 Å². The van der Waals surface area contributed by atoms with E-state index >= 15 is 0 Å². The van der Waals surface area contributed by atoms with Gasteiger partial charge in [-0.1, -0.05) is 0 Å². The zero-order valence-corrected chi connectivity index (χ0v) is 11.8. The highest BCUT2D eigenvalue weighted by Gasteiger charge is 2.30. The molecular formula is C14H13FN2O3S. The molecule has 0 aromatic heterocycles. The molecule has 2 N–H and O–H groups in total. The summed E-state index contributed by atoms with van der Waals surface area (Å²) < 4.78 is 13.2. The molecule has 1 amide bonds. The van der Waals surface area contributed by atoms with Crippen molar-refractivity contribution in [2.24, 2.45) is 4.99 Å². The van der Waals surface area contributed by atoms with E-state index in [1.165, 1.54) is 23.9 Å². The molecule has 1 atom stereocenters. The van der Waals surface area contributed by atoms with E-state index in [1.54, 1.807) is 0 Å². The Morgan fingerprint density at radius 3 is 3.00 bits per heavy atom. The third-order valence-corrected chi connectivity index (χ3v) is 4.36. The first-order chi connectivity index (χ1) is 10.0. The maximum atomic E-state index is 13.2. The summed E-state index contributed by atoms with van der Waals surface area (Å²) in [5.74, 6) is -0.999. The number of phenolic OH excluding ortho intramolecular Hbond substituents is 1. The van der Waals surface area contributed by atoms with Gasteiger partial charge < -0.3 is 15.1 Å². The number of likely N-dealkylation sites (tertiary alicyclic amines) is 1. The van der Waals surface area contributed by atoms with Gasteiger partial charge >= 0.3 is 0 Å². The van der Waals surface area contributed by atoms with Gasteiger partial charge in [0.1, 0.15) is 11.6 Å². The third-order valence-electron chi connectivity index (χ3n) is 3.32. The predicted molar refractivity (Wildman–Crippen MR) is 78.3 cm³/mol. The number of amides is 1. The van der Waals surface area contributed by atoms with Gasteiger partial charge in [0.2, 0.25) is 0 Å². The maximum Gasteiger partial charge on any atom is 0.286 e. The predicted octanol–water partition coefficient (Wildman–Crippen LogP) is 1.57. The highest BCUT2D eigenvalue weighted by atomic mass is 32.2. The number of phenols is 1. The van der Waals surface area contributed by atoms with E-state index in [-0.39, 0.29) is 11.3 Å². The summed E-state index contributed by atoms with van der Waals surface area (Å²) in [6.07, 6.45) is 1.68. The molecule has 0 aliphatic carbocycles. The average molecular weight is 308 g/mol. The van der Waals surface area contributed by atoms with Crippen molar-refractivity contribution in [3.8, 4) is 5.75 Å². The number of amidine groups is 1. The van der Waals surface area contributed by atoms with Crippen LogP contribution in [0.4, 0.5) is 4.39 Å². The van der Waals surface area contributed by atoms with E-state index in [1.807, 2.05) is 4.90 Å². The average Bonchev–Trinajstić information content (AvgIpc) is 3.01.